The summed E-state index contributed by atoms with van der Waals surface area (Å²) in [4.78, 5) is 0. The molecular weight excluding hydrogens is 228 g/mol. The summed E-state index contributed by atoms with van der Waals surface area (Å²) in [6.07, 6.45) is 3.88. The van der Waals surface area contributed by atoms with Crippen molar-refractivity contribution in [2.45, 2.75) is 44.8 Å². The lowest BCUT2D eigenvalue weighted by Gasteiger charge is -2.24. The minimum Gasteiger partial charge on any atom is -0.494 e. The molecular formula is C15H22O3. The molecule has 0 radical (unpaired) electrons. The summed E-state index contributed by atoms with van der Waals surface area (Å²) in [6.45, 7) is 3.46. The van der Waals surface area contributed by atoms with E-state index in [9.17, 15) is 5.11 Å². The summed E-state index contributed by atoms with van der Waals surface area (Å²) in [5, 5.41) is 10.2. The highest BCUT2D eigenvalue weighted by Gasteiger charge is 2.19. The molecule has 1 aromatic rings. The van der Waals surface area contributed by atoms with E-state index in [4.69, 9.17) is 9.47 Å². The minimum absolute atomic E-state index is 0.209. The van der Waals surface area contributed by atoms with Gasteiger partial charge in [0.2, 0.25) is 0 Å². The van der Waals surface area contributed by atoms with Crippen molar-refractivity contribution in [3.05, 3.63) is 29.8 Å². The van der Waals surface area contributed by atoms with Crippen LogP contribution in [0.15, 0.2) is 24.3 Å². The summed E-state index contributed by atoms with van der Waals surface area (Å²) in [6, 6.07) is 7.67. The van der Waals surface area contributed by atoms with Crippen molar-refractivity contribution in [2.24, 2.45) is 0 Å². The Bertz CT molecular complexity index is 341. The van der Waals surface area contributed by atoms with Crippen molar-refractivity contribution in [3.8, 4) is 5.75 Å². The van der Waals surface area contributed by atoms with E-state index in [0.29, 0.717) is 13.0 Å². The number of benzene rings is 1. The molecule has 1 aliphatic heterocycles. The Balaban J connectivity index is 1.89. The van der Waals surface area contributed by atoms with Crippen molar-refractivity contribution in [2.75, 3.05) is 13.2 Å². The highest BCUT2D eigenvalue weighted by molar-refractivity contribution is 5.28. The average molecular weight is 250 g/mol. The molecule has 2 unspecified atom stereocenters. The van der Waals surface area contributed by atoms with Crippen LogP contribution in [0.1, 0.15) is 44.3 Å². The Kier molecular flexibility index (Phi) is 5.02. The normalized spacial score (nSPS) is 21.6. The monoisotopic (exact) mass is 250 g/mol. The quantitative estimate of drug-likeness (QED) is 0.872. The molecule has 0 amide bonds. The Morgan fingerprint density at radius 2 is 2.11 bits per heavy atom. The number of hydrogen-bond donors (Lipinski definition) is 1. The Morgan fingerprint density at radius 3 is 2.72 bits per heavy atom. The molecule has 0 spiro atoms. The summed E-state index contributed by atoms with van der Waals surface area (Å²) in [5.41, 5.74) is 0.938. The van der Waals surface area contributed by atoms with Crippen molar-refractivity contribution < 1.29 is 14.6 Å². The van der Waals surface area contributed by atoms with Crippen molar-refractivity contribution in [1.82, 2.24) is 0 Å². The first-order valence-corrected chi connectivity index (χ1v) is 6.82. The maximum absolute atomic E-state index is 10.2. The highest BCUT2D eigenvalue weighted by atomic mass is 16.5. The second-order valence-electron chi connectivity index (χ2n) is 4.74. The smallest absolute Gasteiger partial charge is 0.119 e. The van der Waals surface area contributed by atoms with Crippen LogP contribution >= 0.6 is 0 Å². The van der Waals surface area contributed by atoms with Gasteiger partial charge < -0.3 is 14.6 Å². The van der Waals surface area contributed by atoms with E-state index >= 15 is 0 Å². The van der Waals surface area contributed by atoms with E-state index in [0.717, 1.165) is 30.8 Å². The molecule has 1 heterocycles. The zero-order valence-corrected chi connectivity index (χ0v) is 11.0. The first kappa shape index (κ1) is 13.4. The molecule has 1 saturated heterocycles. The van der Waals surface area contributed by atoms with Crippen LogP contribution in [0.5, 0.6) is 5.75 Å². The predicted octanol–water partition coefficient (Wildman–Crippen LogP) is 3.08. The third-order valence-electron chi connectivity index (χ3n) is 3.34. The molecule has 2 rings (SSSR count). The van der Waals surface area contributed by atoms with Crippen LogP contribution in [0.2, 0.25) is 0 Å². The van der Waals surface area contributed by atoms with Gasteiger partial charge in [-0.25, -0.2) is 0 Å². The fraction of sp³-hybridized carbons (Fsp3) is 0.600. The van der Waals surface area contributed by atoms with Crippen LogP contribution in [0.3, 0.4) is 0 Å². The minimum atomic E-state index is -0.441. The third kappa shape index (κ3) is 3.72. The van der Waals surface area contributed by atoms with Gasteiger partial charge in [-0.15, -0.1) is 0 Å². The van der Waals surface area contributed by atoms with Gasteiger partial charge >= 0.3 is 0 Å². The summed E-state index contributed by atoms with van der Waals surface area (Å²) < 4.78 is 11.0. The first-order chi connectivity index (χ1) is 8.79. The van der Waals surface area contributed by atoms with Crippen LogP contribution in [0, 0.1) is 0 Å². The number of aliphatic hydroxyl groups excluding tert-OH is 1. The number of hydrogen-bond acceptors (Lipinski definition) is 3. The molecule has 100 valence electrons. The standard InChI is InChI=1S/C15H22O3/c1-2-17-13-8-6-12(7-9-13)15(16)11-14-5-3-4-10-18-14/h6-9,14-16H,2-5,10-11H2,1H3. The van der Waals surface area contributed by atoms with Gasteiger partial charge in [-0.3, -0.25) is 0 Å². The first-order valence-electron chi connectivity index (χ1n) is 6.82. The van der Waals surface area contributed by atoms with Crippen LogP contribution in [-0.2, 0) is 4.74 Å². The number of rotatable bonds is 5. The zero-order chi connectivity index (χ0) is 12.8. The lowest BCUT2D eigenvalue weighted by molar-refractivity contribution is -0.0155. The van der Waals surface area contributed by atoms with Crippen molar-refractivity contribution in [1.29, 1.82) is 0 Å². The Hall–Kier alpha value is -1.06. The second-order valence-corrected chi connectivity index (χ2v) is 4.74. The van der Waals surface area contributed by atoms with Gasteiger partial charge in [-0.1, -0.05) is 12.1 Å². The molecule has 0 aromatic heterocycles. The average Bonchev–Trinajstić information content (AvgIpc) is 2.41. The maximum Gasteiger partial charge on any atom is 0.119 e. The van der Waals surface area contributed by atoms with Crippen molar-refractivity contribution >= 4 is 0 Å². The van der Waals surface area contributed by atoms with E-state index in [1.165, 1.54) is 6.42 Å². The third-order valence-corrected chi connectivity index (χ3v) is 3.34. The van der Waals surface area contributed by atoms with Gasteiger partial charge in [0, 0.05) is 13.0 Å². The molecule has 0 bridgehead atoms. The Labute approximate surface area is 109 Å². The molecule has 3 heteroatoms. The summed E-state index contributed by atoms with van der Waals surface area (Å²) >= 11 is 0. The van der Waals surface area contributed by atoms with E-state index in [-0.39, 0.29) is 6.10 Å². The zero-order valence-electron chi connectivity index (χ0n) is 11.0. The van der Waals surface area contributed by atoms with Gasteiger partial charge in [-0.05, 0) is 43.9 Å². The van der Waals surface area contributed by atoms with E-state index in [1.54, 1.807) is 0 Å². The lowest BCUT2D eigenvalue weighted by Crippen LogP contribution is -2.21. The van der Waals surface area contributed by atoms with E-state index < -0.39 is 6.10 Å². The van der Waals surface area contributed by atoms with Crippen LogP contribution < -0.4 is 4.74 Å². The molecule has 1 fully saturated rings. The van der Waals surface area contributed by atoms with E-state index in [1.807, 2.05) is 31.2 Å². The molecule has 1 N–H and O–H groups in total. The van der Waals surface area contributed by atoms with Gasteiger partial charge in [0.15, 0.2) is 0 Å². The molecule has 2 atom stereocenters. The fourth-order valence-corrected chi connectivity index (χ4v) is 2.33. The SMILES string of the molecule is CCOc1ccc(C(O)CC2CCCCO2)cc1. The molecule has 18 heavy (non-hydrogen) atoms. The molecule has 0 aliphatic carbocycles. The predicted molar refractivity (Wildman–Crippen MR) is 70.8 cm³/mol. The lowest BCUT2D eigenvalue weighted by atomic mass is 9.99. The van der Waals surface area contributed by atoms with Gasteiger partial charge in [0.25, 0.3) is 0 Å². The van der Waals surface area contributed by atoms with Crippen molar-refractivity contribution in [3.63, 3.8) is 0 Å². The fourth-order valence-electron chi connectivity index (χ4n) is 2.33. The topological polar surface area (TPSA) is 38.7 Å². The highest BCUT2D eigenvalue weighted by Crippen LogP contribution is 2.25. The molecule has 3 nitrogen and oxygen atoms in total. The summed E-state index contributed by atoms with van der Waals surface area (Å²) in [7, 11) is 0. The summed E-state index contributed by atoms with van der Waals surface area (Å²) in [5.74, 6) is 0.849. The van der Waals surface area contributed by atoms with Gasteiger partial charge in [-0.2, -0.15) is 0 Å². The second kappa shape index (κ2) is 6.76. The van der Waals surface area contributed by atoms with Gasteiger partial charge in [0.1, 0.15) is 5.75 Å². The Morgan fingerprint density at radius 1 is 1.33 bits per heavy atom. The van der Waals surface area contributed by atoms with E-state index in [2.05, 4.69) is 0 Å². The molecule has 1 aromatic carbocycles. The van der Waals surface area contributed by atoms with Crippen LogP contribution in [-0.4, -0.2) is 24.4 Å². The molecule has 1 aliphatic rings. The number of ether oxygens (including phenoxy) is 2. The van der Waals surface area contributed by atoms with Gasteiger partial charge in [0.05, 0.1) is 18.8 Å². The van der Waals surface area contributed by atoms with Crippen LogP contribution in [0.25, 0.3) is 0 Å². The number of aliphatic hydroxyl groups is 1. The maximum atomic E-state index is 10.2. The molecule has 0 saturated carbocycles. The largest absolute Gasteiger partial charge is 0.494 e. The van der Waals surface area contributed by atoms with Crippen LogP contribution in [0.4, 0.5) is 0 Å².